The Kier molecular flexibility index (Phi) is 4.82. The fraction of sp³-hybridized carbons (Fsp3) is 0.261. The van der Waals surface area contributed by atoms with Gasteiger partial charge in [-0.3, -0.25) is 14.5 Å². The van der Waals surface area contributed by atoms with Crippen molar-refractivity contribution < 1.29 is 19.1 Å². The molecule has 8 heteroatoms. The van der Waals surface area contributed by atoms with E-state index in [2.05, 4.69) is 10.4 Å². The Balaban J connectivity index is 1.28. The number of amides is 2. The molecular formula is C23H22N4O4. The van der Waals surface area contributed by atoms with Crippen LogP contribution in [0.15, 0.2) is 48.5 Å². The molecule has 158 valence electrons. The van der Waals surface area contributed by atoms with Crippen molar-refractivity contribution in [1.82, 2.24) is 15.1 Å². The molecule has 2 aliphatic rings. The number of hydrogen-bond acceptors (Lipinski definition) is 5. The fourth-order valence-corrected chi connectivity index (χ4v) is 3.74. The van der Waals surface area contributed by atoms with E-state index in [4.69, 9.17) is 9.47 Å². The Bertz CT molecular complexity index is 1150. The Hall–Kier alpha value is -3.81. The first-order chi connectivity index (χ1) is 15.1. The van der Waals surface area contributed by atoms with Crippen molar-refractivity contribution in [1.29, 1.82) is 0 Å². The number of fused-ring (bicyclic) bond motifs is 2. The number of ether oxygens (including phenoxy) is 2. The zero-order valence-electron chi connectivity index (χ0n) is 17.1. The van der Waals surface area contributed by atoms with Gasteiger partial charge in [0.25, 0.3) is 0 Å². The molecule has 2 aliphatic heterocycles. The van der Waals surface area contributed by atoms with Crippen LogP contribution < -0.4 is 19.7 Å². The van der Waals surface area contributed by atoms with Gasteiger partial charge in [-0.05, 0) is 24.6 Å². The minimum absolute atomic E-state index is 0.0532. The number of rotatable bonds is 5. The van der Waals surface area contributed by atoms with Crippen LogP contribution in [0.25, 0.3) is 11.3 Å². The zero-order chi connectivity index (χ0) is 21.4. The van der Waals surface area contributed by atoms with E-state index in [1.165, 1.54) is 10.5 Å². The number of aryl methyl sites for hydroxylation is 2. The molecule has 3 heterocycles. The Morgan fingerprint density at radius 1 is 1.10 bits per heavy atom. The number of hydrogen-bond donors (Lipinski definition) is 1. The molecule has 0 aliphatic carbocycles. The van der Waals surface area contributed by atoms with Crippen molar-refractivity contribution in [2.75, 3.05) is 18.2 Å². The summed E-state index contributed by atoms with van der Waals surface area (Å²) >= 11 is 0. The van der Waals surface area contributed by atoms with Crippen LogP contribution in [0, 0.1) is 6.92 Å². The van der Waals surface area contributed by atoms with Gasteiger partial charge in [-0.25, -0.2) is 4.68 Å². The Morgan fingerprint density at radius 3 is 2.74 bits per heavy atom. The number of carbonyl (C=O) groups excluding carboxylic acids is 2. The van der Waals surface area contributed by atoms with E-state index in [9.17, 15) is 9.59 Å². The summed E-state index contributed by atoms with van der Waals surface area (Å²) in [7, 11) is 0. The first kappa shape index (κ1) is 19.2. The maximum Gasteiger partial charge on any atom is 0.240 e. The molecule has 0 atom stereocenters. The smallest absolute Gasteiger partial charge is 0.240 e. The molecule has 8 nitrogen and oxygen atoms in total. The van der Waals surface area contributed by atoms with E-state index in [1.807, 2.05) is 55.5 Å². The summed E-state index contributed by atoms with van der Waals surface area (Å²) in [5.41, 5.74) is 3.83. The number of nitrogens with zero attached hydrogens (tertiary/aromatic N) is 3. The molecule has 0 unspecified atom stereocenters. The molecule has 0 bridgehead atoms. The van der Waals surface area contributed by atoms with Crippen molar-refractivity contribution in [2.24, 2.45) is 0 Å². The summed E-state index contributed by atoms with van der Waals surface area (Å²) in [6, 6.07) is 15.5. The predicted octanol–water partition coefficient (Wildman–Crippen LogP) is 2.64. The lowest BCUT2D eigenvalue weighted by Gasteiger charge is -2.26. The molecular weight excluding hydrogens is 396 g/mol. The van der Waals surface area contributed by atoms with Crippen LogP contribution in [0.3, 0.4) is 0 Å². The maximum absolute atomic E-state index is 12.6. The van der Waals surface area contributed by atoms with Crippen molar-refractivity contribution >= 4 is 17.6 Å². The van der Waals surface area contributed by atoms with Crippen molar-refractivity contribution in [3.8, 4) is 22.8 Å². The molecule has 31 heavy (non-hydrogen) atoms. The highest BCUT2D eigenvalue weighted by Crippen LogP contribution is 2.32. The molecule has 2 aromatic carbocycles. The van der Waals surface area contributed by atoms with E-state index < -0.39 is 0 Å². The van der Waals surface area contributed by atoms with Crippen LogP contribution in [-0.4, -0.2) is 34.9 Å². The predicted molar refractivity (Wildman–Crippen MR) is 114 cm³/mol. The second-order valence-corrected chi connectivity index (χ2v) is 7.67. The monoisotopic (exact) mass is 418 g/mol. The topological polar surface area (TPSA) is 85.7 Å². The third-order valence-corrected chi connectivity index (χ3v) is 5.45. The standard InChI is InChI=1S/C23H22N4O4/c1-15-2-5-17(6-3-15)18-11-22-26(23(29)8-9-27(22)25-18)13-21(28)24-12-16-4-7-19-20(10-16)31-14-30-19/h2-7,10-11H,8-9,12-14H2,1H3,(H,24,28). The molecule has 2 amide bonds. The van der Waals surface area contributed by atoms with Crippen molar-refractivity contribution in [2.45, 2.75) is 26.4 Å². The van der Waals surface area contributed by atoms with Crippen LogP contribution in [0.4, 0.5) is 5.82 Å². The molecule has 0 saturated carbocycles. The van der Waals surface area contributed by atoms with Gasteiger partial charge in [0.05, 0.1) is 12.2 Å². The summed E-state index contributed by atoms with van der Waals surface area (Å²) in [4.78, 5) is 26.7. The van der Waals surface area contributed by atoms with Gasteiger partial charge in [-0.15, -0.1) is 0 Å². The van der Waals surface area contributed by atoms with Crippen LogP contribution in [-0.2, 0) is 22.7 Å². The molecule has 0 saturated heterocycles. The Morgan fingerprint density at radius 2 is 1.90 bits per heavy atom. The van der Waals surface area contributed by atoms with Gasteiger partial charge in [0.2, 0.25) is 18.6 Å². The van der Waals surface area contributed by atoms with Crippen LogP contribution in [0.5, 0.6) is 11.5 Å². The molecule has 1 N–H and O–H groups in total. The van der Waals surface area contributed by atoms with E-state index in [-0.39, 0.29) is 25.2 Å². The molecule has 5 rings (SSSR count). The average molecular weight is 418 g/mol. The highest BCUT2D eigenvalue weighted by Gasteiger charge is 2.28. The van der Waals surface area contributed by atoms with Gasteiger partial charge >= 0.3 is 0 Å². The summed E-state index contributed by atoms with van der Waals surface area (Å²) in [5.74, 6) is 1.70. The number of benzene rings is 2. The van der Waals surface area contributed by atoms with E-state index in [0.717, 1.165) is 16.8 Å². The summed E-state index contributed by atoms with van der Waals surface area (Å²) in [5, 5.41) is 7.51. The van der Waals surface area contributed by atoms with Crippen molar-refractivity contribution in [3.05, 3.63) is 59.7 Å². The summed E-state index contributed by atoms with van der Waals surface area (Å²) in [6.45, 7) is 3.04. The third kappa shape index (κ3) is 3.84. The van der Waals surface area contributed by atoms with Crippen LogP contribution in [0.2, 0.25) is 0 Å². The van der Waals surface area contributed by atoms with Gasteiger partial charge in [-0.1, -0.05) is 35.9 Å². The zero-order valence-corrected chi connectivity index (χ0v) is 17.1. The fourth-order valence-electron chi connectivity index (χ4n) is 3.74. The average Bonchev–Trinajstić information content (AvgIpc) is 3.41. The molecule has 0 radical (unpaired) electrons. The third-order valence-electron chi connectivity index (χ3n) is 5.45. The van der Waals surface area contributed by atoms with E-state index in [1.54, 1.807) is 4.68 Å². The second kappa shape index (κ2) is 7.79. The lowest BCUT2D eigenvalue weighted by Crippen LogP contribution is -2.44. The molecule has 0 spiro atoms. The largest absolute Gasteiger partial charge is 0.454 e. The van der Waals surface area contributed by atoms with Crippen LogP contribution in [0.1, 0.15) is 17.5 Å². The second-order valence-electron chi connectivity index (χ2n) is 7.67. The highest BCUT2D eigenvalue weighted by atomic mass is 16.7. The first-order valence-electron chi connectivity index (χ1n) is 10.2. The number of anilines is 1. The quantitative estimate of drug-likeness (QED) is 0.689. The number of nitrogens with one attached hydrogen (secondary N) is 1. The van der Waals surface area contributed by atoms with E-state index >= 15 is 0 Å². The minimum Gasteiger partial charge on any atom is -0.454 e. The van der Waals surface area contributed by atoms with Gasteiger partial charge in [-0.2, -0.15) is 5.10 Å². The van der Waals surface area contributed by atoms with E-state index in [0.29, 0.717) is 36.8 Å². The summed E-state index contributed by atoms with van der Waals surface area (Å²) in [6.07, 6.45) is 0.317. The van der Waals surface area contributed by atoms with Crippen LogP contribution >= 0.6 is 0 Å². The van der Waals surface area contributed by atoms with Gasteiger partial charge < -0.3 is 14.8 Å². The normalized spacial score (nSPS) is 14.5. The number of aromatic nitrogens is 2. The maximum atomic E-state index is 12.6. The van der Waals surface area contributed by atoms with Gasteiger partial charge in [0.1, 0.15) is 12.4 Å². The Labute approximate surface area is 179 Å². The lowest BCUT2D eigenvalue weighted by molar-refractivity contribution is -0.124. The van der Waals surface area contributed by atoms with Crippen molar-refractivity contribution in [3.63, 3.8) is 0 Å². The van der Waals surface area contributed by atoms with Gasteiger partial charge in [0.15, 0.2) is 11.5 Å². The number of carbonyl (C=O) groups is 2. The SMILES string of the molecule is Cc1ccc(-c2cc3n(n2)CCC(=O)N3CC(=O)NCc2ccc3c(c2)OCO3)cc1. The molecule has 1 aromatic heterocycles. The lowest BCUT2D eigenvalue weighted by atomic mass is 10.1. The highest BCUT2D eigenvalue weighted by molar-refractivity contribution is 5.99. The van der Waals surface area contributed by atoms with Gasteiger partial charge in [0, 0.05) is 24.6 Å². The molecule has 0 fully saturated rings. The first-order valence-corrected chi connectivity index (χ1v) is 10.2. The minimum atomic E-state index is -0.238. The summed E-state index contributed by atoms with van der Waals surface area (Å²) < 4.78 is 12.5. The molecule has 3 aromatic rings.